The fourth-order valence-electron chi connectivity index (χ4n) is 2.25. The smallest absolute Gasteiger partial charge is 0.243 e. The standard InChI is InChI=1S/C14H20N2O.ClH/c1-3-9-15-11(2)14(17)16-10-8-12-6-4-5-7-13(12)16;/h4-7,11,15H,3,8-10H2,1-2H3;1H. The minimum Gasteiger partial charge on any atom is -0.310 e. The summed E-state index contributed by atoms with van der Waals surface area (Å²) in [7, 11) is 0. The molecule has 1 aliphatic heterocycles. The molecular formula is C14H21ClN2O. The number of nitrogens with one attached hydrogen (secondary N) is 1. The van der Waals surface area contributed by atoms with E-state index in [4.69, 9.17) is 0 Å². The molecule has 1 unspecified atom stereocenters. The first kappa shape index (κ1) is 15.0. The molecule has 4 heteroatoms. The van der Waals surface area contributed by atoms with Crippen molar-refractivity contribution in [3.63, 3.8) is 0 Å². The van der Waals surface area contributed by atoms with Crippen molar-refractivity contribution in [2.24, 2.45) is 0 Å². The molecule has 1 aromatic rings. The van der Waals surface area contributed by atoms with E-state index in [9.17, 15) is 4.79 Å². The number of hydrogen-bond acceptors (Lipinski definition) is 2. The summed E-state index contributed by atoms with van der Waals surface area (Å²) in [6.45, 7) is 5.76. The van der Waals surface area contributed by atoms with E-state index < -0.39 is 0 Å². The second-order valence-electron chi connectivity index (χ2n) is 4.54. The highest BCUT2D eigenvalue weighted by molar-refractivity contribution is 5.98. The monoisotopic (exact) mass is 268 g/mol. The van der Waals surface area contributed by atoms with Crippen LogP contribution in [-0.4, -0.2) is 25.0 Å². The van der Waals surface area contributed by atoms with Crippen LogP contribution in [0.3, 0.4) is 0 Å². The number of carbonyl (C=O) groups excluding carboxylic acids is 1. The Bertz CT molecular complexity index is 409. The lowest BCUT2D eigenvalue weighted by atomic mass is 10.2. The van der Waals surface area contributed by atoms with Crippen molar-refractivity contribution in [1.29, 1.82) is 0 Å². The second-order valence-corrected chi connectivity index (χ2v) is 4.54. The highest BCUT2D eigenvalue weighted by atomic mass is 35.5. The summed E-state index contributed by atoms with van der Waals surface area (Å²) < 4.78 is 0. The molecule has 0 aromatic heterocycles. The molecule has 0 spiro atoms. The third-order valence-electron chi connectivity index (χ3n) is 3.22. The Hall–Kier alpha value is -1.06. The van der Waals surface area contributed by atoms with Crippen LogP contribution in [0.1, 0.15) is 25.8 Å². The number of halogens is 1. The van der Waals surface area contributed by atoms with E-state index in [0.717, 1.165) is 31.6 Å². The zero-order valence-corrected chi connectivity index (χ0v) is 11.8. The molecule has 1 amide bonds. The van der Waals surface area contributed by atoms with E-state index in [1.165, 1.54) is 5.56 Å². The van der Waals surface area contributed by atoms with E-state index in [-0.39, 0.29) is 24.4 Å². The normalized spacial score (nSPS) is 14.9. The minimum absolute atomic E-state index is 0. The van der Waals surface area contributed by atoms with E-state index in [1.807, 2.05) is 30.0 Å². The quantitative estimate of drug-likeness (QED) is 0.909. The molecule has 0 saturated heterocycles. The van der Waals surface area contributed by atoms with Crippen molar-refractivity contribution in [3.8, 4) is 0 Å². The Morgan fingerprint density at radius 1 is 1.44 bits per heavy atom. The van der Waals surface area contributed by atoms with Gasteiger partial charge in [-0.1, -0.05) is 25.1 Å². The summed E-state index contributed by atoms with van der Waals surface area (Å²) in [5, 5.41) is 3.25. The average molecular weight is 269 g/mol. The van der Waals surface area contributed by atoms with Crippen LogP contribution >= 0.6 is 12.4 Å². The summed E-state index contributed by atoms with van der Waals surface area (Å²) in [5.41, 5.74) is 2.37. The second kappa shape index (κ2) is 6.76. The lowest BCUT2D eigenvalue weighted by Gasteiger charge is -2.22. The molecule has 2 rings (SSSR count). The molecule has 0 saturated carbocycles. The fraction of sp³-hybridized carbons (Fsp3) is 0.500. The lowest BCUT2D eigenvalue weighted by molar-refractivity contribution is -0.120. The van der Waals surface area contributed by atoms with E-state index in [2.05, 4.69) is 18.3 Å². The van der Waals surface area contributed by atoms with Crippen molar-refractivity contribution in [2.75, 3.05) is 18.0 Å². The van der Waals surface area contributed by atoms with Gasteiger partial charge < -0.3 is 10.2 Å². The zero-order valence-electron chi connectivity index (χ0n) is 11.0. The van der Waals surface area contributed by atoms with Crippen molar-refractivity contribution in [2.45, 2.75) is 32.7 Å². The van der Waals surface area contributed by atoms with Crippen molar-refractivity contribution < 1.29 is 4.79 Å². The molecule has 0 bridgehead atoms. The van der Waals surface area contributed by atoms with Crippen molar-refractivity contribution >= 4 is 24.0 Å². The summed E-state index contributed by atoms with van der Waals surface area (Å²) in [4.78, 5) is 14.2. The molecule has 3 nitrogen and oxygen atoms in total. The van der Waals surface area contributed by atoms with Crippen LogP contribution in [-0.2, 0) is 11.2 Å². The highest BCUT2D eigenvalue weighted by Crippen LogP contribution is 2.27. The number of carbonyl (C=O) groups is 1. The Balaban J connectivity index is 0.00000162. The van der Waals surface area contributed by atoms with Crippen molar-refractivity contribution in [3.05, 3.63) is 29.8 Å². The van der Waals surface area contributed by atoms with E-state index >= 15 is 0 Å². The van der Waals surface area contributed by atoms with Gasteiger partial charge in [0.25, 0.3) is 0 Å². The van der Waals surface area contributed by atoms with Crippen LogP contribution < -0.4 is 10.2 Å². The third-order valence-corrected chi connectivity index (χ3v) is 3.22. The number of nitrogens with zero attached hydrogens (tertiary/aromatic N) is 1. The lowest BCUT2D eigenvalue weighted by Crippen LogP contribution is -2.44. The largest absolute Gasteiger partial charge is 0.310 e. The van der Waals surface area contributed by atoms with Gasteiger partial charge in [-0.3, -0.25) is 4.79 Å². The molecule has 1 aromatic carbocycles. The number of rotatable bonds is 4. The number of para-hydroxylation sites is 1. The van der Waals surface area contributed by atoms with Crippen LogP contribution in [0.25, 0.3) is 0 Å². The Morgan fingerprint density at radius 3 is 2.89 bits per heavy atom. The molecule has 18 heavy (non-hydrogen) atoms. The first-order chi connectivity index (χ1) is 8.24. The number of hydrogen-bond donors (Lipinski definition) is 1. The van der Waals surface area contributed by atoms with Gasteiger partial charge in [-0.15, -0.1) is 12.4 Å². The summed E-state index contributed by atoms with van der Waals surface area (Å²) in [5.74, 6) is 0.184. The first-order valence-electron chi connectivity index (χ1n) is 6.36. The van der Waals surface area contributed by atoms with Crippen LogP contribution in [0.2, 0.25) is 0 Å². The van der Waals surface area contributed by atoms with E-state index in [1.54, 1.807) is 0 Å². The van der Waals surface area contributed by atoms with Crippen molar-refractivity contribution in [1.82, 2.24) is 5.32 Å². The number of fused-ring (bicyclic) bond motifs is 1. The molecule has 0 aliphatic carbocycles. The molecule has 1 N–H and O–H groups in total. The van der Waals surface area contributed by atoms with Crippen LogP contribution in [0, 0.1) is 0 Å². The number of amides is 1. The number of benzene rings is 1. The maximum atomic E-state index is 12.3. The molecule has 0 fully saturated rings. The first-order valence-corrected chi connectivity index (χ1v) is 6.36. The van der Waals surface area contributed by atoms with Gasteiger partial charge >= 0.3 is 0 Å². The topological polar surface area (TPSA) is 32.3 Å². The van der Waals surface area contributed by atoms with E-state index in [0.29, 0.717) is 0 Å². The van der Waals surface area contributed by atoms with Crippen LogP contribution in [0.15, 0.2) is 24.3 Å². The molecular weight excluding hydrogens is 248 g/mol. The summed E-state index contributed by atoms with van der Waals surface area (Å²) in [6, 6.07) is 8.07. The molecule has 1 atom stereocenters. The minimum atomic E-state index is -0.0962. The molecule has 1 heterocycles. The van der Waals surface area contributed by atoms with Gasteiger partial charge in [0.1, 0.15) is 0 Å². The maximum Gasteiger partial charge on any atom is 0.243 e. The zero-order chi connectivity index (χ0) is 12.3. The summed E-state index contributed by atoms with van der Waals surface area (Å²) >= 11 is 0. The Morgan fingerprint density at radius 2 is 2.17 bits per heavy atom. The average Bonchev–Trinajstić information content (AvgIpc) is 2.78. The fourth-order valence-corrected chi connectivity index (χ4v) is 2.25. The number of anilines is 1. The van der Waals surface area contributed by atoms with Gasteiger partial charge in [0.05, 0.1) is 6.04 Å². The highest BCUT2D eigenvalue weighted by Gasteiger charge is 2.27. The summed E-state index contributed by atoms with van der Waals surface area (Å²) in [6.07, 6.45) is 2.02. The SMILES string of the molecule is CCCNC(C)C(=O)N1CCc2ccccc21.Cl. The van der Waals surface area contributed by atoms with Gasteiger partial charge in [0.2, 0.25) is 5.91 Å². The van der Waals surface area contributed by atoms with Crippen LogP contribution in [0.4, 0.5) is 5.69 Å². The van der Waals surface area contributed by atoms with Gasteiger partial charge in [0.15, 0.2) is 0 Å². The van der Waals surface area contributed by atoms with Gasteiger partial charge in [0, 0.05) is 12.2 Å². The Labute approximate surface area is 115 Å². The van der Waals surface area contributed by atoms with Gasteiger partial charge in [-0.2, -0.15) is 0 Å². The molecule has 100 valence electrons. The Kier molecular flexibility index (Phi) is 5.63. The van der Waals surface area contributed by atoms with Gasteiger partial charge in [-0.05, 0) is 37.9 Å². The molecule has 0 radical (unpaired) electrons. The predicted octanol–water partition coefficient (Wildman–Crippen LogP) is 2.39. The third kappa shape index (κ3) is 3.03. The van der Waals surface area contributed by atoms with Gasteiger partial charge in [-0.25, -0.2) is 0 Å². The van der Waals surface area contributed by atoms with Crippen LogP contribution in [0.5, 0.6) is 0 Å². The maximum absolute atomic E-state index is 12.3. The molecule has 1 aliphatic rings. The predicted molar refractivity (Wildman–Crippen MR) is 77.5 cm³/mol.